The molecular formula is C18H18. The maximum Gasteiger partial charge on any atom is 0.0132 e. The molecule has 0 spiro atoms. The van der Waals surface area contributed by atoms with Gasteiger partial charge in [0, 0.05) is 5.92 Å². The highest BCUT2D eigenvalue weighted by atomic mass is 14.2. The summed E-state index contributed by atoms with van der Waals surface area (Å²) >= 11 is 0. The average Bonchev–Trinajstić information content (AvgIpc) is 2.39. The van der Waals surface area contributed by atoms with E-state index in [4.69, 9.17) is 0 Å². The number of aryl methyl sites for hydroxylation is 1. The summed E-state index contributed by atoms with van der Waals surface area (Å²) in [5.41, 5.74) is 7.12. The lowest BCUT2D eigenvalue weighted by molar-refractivity contribution is 0.784. The lowest BCUT2D eigenvalue weighted by atomic mass is 9.79. The van der Waals surface area contributed by atoms with E-state index in [1.165, 1.54) is 27.8 Å². The molecule has 18 heavy (non-hydrogen) atoms. The van der Waals surface area contributed by atoms with Crippen molar-refractivity contribution in [2.45, 2.75) is 26.2 Å². The van der Waals surface area contributed by atoms with Crippen molar-refractivity contribution in [3.8, 4) is 0 Å². The molecule has 0 nitrogen and oxygen atoms in total. The van der Waals surface area contributed by atoms with Gasteiger partial charge >= 0.3 is 0 Å². The van der Waals surface area contributed by atoms with Crippen LogP contribution in [-0.2, 0) is 0 Å². The third kappa shape index (κ3) is 1.99. The summed E-state index contributed by atoms with van der Waals surface area (Å²) in [6, 6.07) is 17.7. The van der Waals surface area contributed by atoms with Gasteiger partial charge in [-0.15, -0.1) is 0 Å². The SMILES string of the molecule is CC1=Cc2ccc(C)cc2C(c2ccccc2)C1. The summed E-state index contributed by atoms with van der Waals surface area (Å²) in [7, 11) is 0. The van der Waals surface area contributed by atoms with E-state index >= 15 is 0 Å². The van der Waals surface area contributed by atoms with Crippen LogP contribution in [-0.4, -0.2) is 0 Å². The molecule has 0 aromatic heterocycles. The van der Waals surface area contributed by atoms with E-state index in [-0.39, 0.29) is 0 Å². The Kier molecular flexibility index (Phi) is 2.79. The zero-order valence-corrected chi connectivity index (χ0v) is 11.0. The molecule has 0 saturated heterocycles. The van der Waals surface area contributed by atoms with Crippen molar-refractivity contribution >= 4 is 6.08 Å². The Hall–Kier alpha value is -1.82. The molecule has 1 aliphatic carbocycles. The zero-order chi connectivity index (χ0) is 12.5. The van der Waals surface area contributed by atoms with Crippen molar-refractivity contribution in [1.82, 2.24) is 0 Å². The molecule has 0 aliphatic heterocycles. The van der Waals surface area contributed by atoms with Gasteiger partial charge in [0.25, 0.3) is 0 Å². The van der Waals surface area contributed by atoms with Gasteiger partial charge in [-0.25, -0.2) is 0 Å². The molecule has 0 bridgehead atoms. The van der Waals surface area contributed by atoms with Gasteiger partial charge in [0.2, 0.25) is 0 Å². The lowest BCUT2D eigenvalue weighted by Gasteiger charge is -2.25. The Labute approximate surface area is 109 Å². The molecule has 0 fully saturated rings. The monoisotopic (exact) mass is 234 g/mol. The predicted molar refractivity (Wildman–Crippen MR) is 77.7 cm³/mol. The largest absolute Gasteiger partial charge is 0.0718 e. The van der Waals surface area contributed by atoms with Crippen molar-refractivity contribution in [3.63, 3.8) is 0 Å². The van der Waals surface area contributed by atoms with Crippen LogP contribution in [0.4, 0.5) is 0 Å². The van der Waals surface area contributed by atoms with Gasteiger partial charge in [-0.05, 0) is 37.0 Å². The lowest BCUT2D eigenvalue weighted by Crippen LogP contribution is -2.08. The summed E-state index contributed by atoms with van der Waals surface area (Å²) in [6.45, 7) is 4.41. The smallest absolute Gasteiger partial charge is 0.0132 e. The topological polar surface area (TPSA) is 0 Å². The van der Waals surface area contributed by atoms with Crippen molar-refractivity contribution in [1.29, 1.82) is 0 Å². The molecule has 90 valence electrons. The number of allylic oxidation sites excluding steroid dienone is 1. The van der Waals surface area contributed by atoms with E-state index in [1.54, 1.807) is 0 Å². The molecule has 1 unspecified atom stereocenters. The maximum absolute atomic E-state index is 2.34. The van der Waals surface area contributed by atoms with Crippen LogP contribution in [0.25, 0.3) is 6.08 Å². The summed E-state index contributed by atoms with van der Waals surface area (Å²) in [6.07, 6.45) is 3.47. The fourth-order valence-electron chi connectivity index (χ4n) is 2.87. The molecule has 1 aliphatic rings. The third-order valence-corrected chi connectivity index (χ3v) is 3.75. The fraction of sp³-hybridized carbons (Fsp3) is 0.222. The Bertz CT molecular complexity index is 591. The van der Waals surface area contributed by atoms with Crippen molar-refractivity contribution < 1.29 is 0 Å². The molecule has 0 radical (unpaired) electrons. The first-order valence-electron chi connectivity index (χ1n) is 6.57. The molecule has 0 N–H and O–H groups in total. The number of rotatable bonds is 1. The Morgan fingerprint density at radius 3 is 2.50 bits per heavy atom. The fourth-order valence-corrected chi connectivity index (χ4v) is 2.87. The van der Waals surface area contributed by atoms with Crippen LogP contribution in [0.2, 0.25) is 0 Å². The minimum atomic E-state index is 0.520. The van der Waals surface area contributed by atoms with Crippen molar-refractivity contribution in [2.24, 2.45) is 0 Å². The Morgan fingerprint density at radius 2 is 1.72 bits per heavy atom. The van der Waals surface area contributed by atoms with Crippen LogP contribution < -0.4 is 0 Å². The minimum absolute atomic E-state index is 0.520. The van der Waals surface area contributed by atoms with Gasteiger partial charge in [-0.3, -0.25) is 0 Å². The highest BCUT2D eigenvalue weighted by Crippen LogP contribution is 2.38. The van der Waals surface area contributed by atoms with Crippen LogP contribution in [0, 0.1) is 6.92 Å². The average molecular weight is 234 g/mol. The first kappa shape index (κ1) is 11.3. The Morgan fingerprint density at radius 1 is 0.944 bits per heavy atom. The summed E-state index contributed by atoms with van der Waals surface area (Å²) in [5.74, 6) is 0.520. The number of fused-ring (bicyclic) bond motifs is 1. The van der Waals surface area contributed by atoms with Gasteiger partial charge < -0.3 is 0 Å². The van der Waals surface area contributed by atoms with Gasteiger partial charge in [0.1, 0.15) is 0 Å². The van der Waals surface area contributed by atoms with Crippen molar-refractivity contribution in [3.05, 3.63) is 76.4 Å². The van der Waals surface area contributed by atoms with Crippen LogP contribution in [0.5, 0.6) is 0 Å². The molecule has 2 aromatic carbocycles. The highest BCUT2D eigenvalue weighted by Gasteiger charge is 2.21. The summed E-state index contributed by atoms with van der Waals surface area (Å²) in [5, 5.41) is 0. The summed E-state index contributed by atoms with van der Waals surface area (Å²) < 4.78 is 0. The van der Waals surface area contributed by atoms with Crippen LogP contribution in [0.15, 0.2) is 54.1 Å². The zero-order valence-electron chi connectivity index (χ0n) is 11.0. The van der Waals surface area contributed by atoms with Gasteiger partial charge in [0.15, 0.2) is 0 Å². The second-order valence-corrected chi connectivity index (χ2v) is 5.29. The van der Waals surface area contributed by atoms with E-state index in [9.17, 15) is 0 Å². The quantitative estimate of drug-likeness (QED) is 0.656. The van der Waals surface area contributed by atoms with Gasteiger partial charge in [-0.1, -0.05) is 65.7 Å². The first-order chi connectivity index (χ1) is 8.74. The van der Waals surface area contributed by atoms with Crippen LogP contribution >= 0.6 is 0 Å². The third-order valence-electron chi connectivity index (χ3n) is 3.75. The predicted octanol–water partition coefficient (Wildman–Crippen LogP) is 4.93. The number of hydrogen-bond acceptors (Lipinski definition) is 0. The van der Waals surface area contributed by atoms with Gasteiger partial charge in [-0.2, -0.15) is 0 Å². The van der Waals surface area contributed by atoms with E-state index in [2.05, 4.69) is 68.5 Å². The van der Waals surface area contributed by atoms with Gasteiger partial charge in [0.05, 0.1) is 0 Å². The molecule has 2 aromatic rings. The number of hydrogen-bond donors (Lipinski definition) is 0. The second-order valence-electron chi connectivity index (χ2n) is 5.29. The molecule has 0 saturated carbocycles. The molecule has 0 heteroatoms. The number of benzene rings is 2. The summed E-state index contributed by atoms with van der Waals surface area (Å²) in [4.78, 5) is 0. The minimum Gasteiger partial charge on any atom is -0.0718 e. The van der Waals surface area contributed by atoms with E-state index in [0.717, 1.165) is 6.42 Å². The normalized spacial score (nSPS) is 18.1. The maximum atomic E-state index is 2.34. The Balaban J connectivity index is 2.14. The van der Waals surface area contributed by atoms with Crippen LogP contribution in [0.1, 0.15) is 41.5 Å². The molecule has 1 atom stereocenters. The second kappa shape index (κ2) is 4.45. The molecule has 0 heterocycles. The standard InChI is InChI=1S/C18H18/c1-13-8-9-16-10-14(2)12-17(18(16)11-13)15-6-4-3-5-7-15/h3-11,17H,12H2,1-2H3. The van der Waals surface area contributed by atoms with Crippen molar-refractivity contribution in [2.75, 3.05) is 0 Å². The van der Waals surface area contributed by atoms with E-state index < -0.39 is 0 Å². The molecule has 0 amide bonds. The first-order valence-corrected chi connectivity index (χ1v) is 6.57. The van der Waals surface area contributed by atoms with E-state index in [0.29, 0.717) is 5.92 Å². The molecule has 3 rings (SSSR count). The van der Waals surface area contributed by atoms with Crippen LogP contribution in [0.3, 0.4) is 0 Å². The highest BCUT2D eigenvalue weighted by molar-refractivity contribution is 5.63. The molecular weight excluding hydrogens is 216 g/mol. The van der Waals surface area contributed by atoms with E-state index in [1.807, 2.05) is 0 Å².